The summed E-state index contributed by atoms with van der Waals surface area (Å²) in [6.45, 7) is 3.41. The number of rotatable bonds is 5. The van der Waals surface area contributed by atoms with Gasteiger partial charge in [-0.15, -0.1) is 10.2 Å². The largest absolute Gasteiger partial charge is 0.339 e. The van der Waals surface area contributed by atoms with Crippen LogP contribution in [0.2, 0.25) is 0 Å². The van der Waals surface area contributed by atoms with Crippen LogP contribution in [0.25, 0.3) is 0 Å². The number of anilines is 4. The zero-order valence-electron chi connectivity index (χ0n) is 15.0. The molecule has 3 rings (SSSR count). The number of amides is 2. The van der Waals surface area contributed by atoms with Crippen LogP contribution in [0.4, 0.5) is 22.9 Å². The van der Waals surface area contributed by atoms with Crippen molar-refractivity contribution < 1.29 is 9.59 Å². The smallest absolute Gasteiger partial charge is 0.276 e. The Hall–Kier alpha value is -3.74. The minimum Gasteiger partial charge on any atom is -0.339 e. The number of hydrogen-bond acceptors (Lipinski definition) is 5. The molecule has 0 saturated carbocycles. The number of aromatic nitrogens is 2. The molecule has 2 amide bonds. The van der Waals surface area contributed by atoms with Crippen molar-refractivity contribution in [2.24, 2.45) is 0 Å². The molecule has 0 aliphatic heterocycles. The van der Waals surface area contributed by atoms with Gasteiger partial charge in [-0.25, -0.2) is 0 Å². The van der Waals surface area contributed by atoms with Crippen LogP contribution < -0.4 is 16.0 Å². The molecule has 1 heterocycles. The lowest BCUT2D eigenvalue weighted by Gasteiger charge is -2.08. The average molecular weight is 361 g/mol. The Morgan fingerprint density at radius 1 is 0.815 bits per heavy atom. The van der Waals surface area contributed by atoms with Gasteiger partial charge >= 0.3 is 0 Å². The first-order chi connectivity index (χ1) is 13.0. The molecular formula is C20H19N5O2. The standard InChI is InChI=1S/C20H19N5O2/c1-13-5-3-6-15(11-13)23-20(27)18-9-10-19(25-24-18)22-17-8-4-7-16(12-17)21-14(2)26/h3-12H,1-2H3,(H,21,26)(H,22,25)(H,23,27). The summed E-state index contributed by atoms with van der Waals surface area (Å²) in [6, 6.07) is 18.0. The number of hydrogen-bond donors (Lipinski definition) is 3. The molecule has 3 N–H and O–H groups in total. The topological polar surface area (TPSA) is 96.0 Å². The lowest BCUT2D eigenvalue weighted by molar-refractivity contribution is -0.114. The summed E-state index contributed by atoms with van der Waals surface area (Å²) < 4.78 is 0. The van der Waals surface area contributed by atoms with Gasteiger partial charge in [0.15, 0.2) is 11.5 Å². The maximum Gasteiger partial charge on any atom is 0.276 e. The van der Waals surface area contributed by atoms with Crippen LogP contribution in [0.5, 0.6) is 0 Å². The summed E-state index contributed by atoms with van der Waals surface area (Å²) in [5.41, 5.74) is 3.40. The molecule has 27 heavy (non-hydrogen) atoms. The van der Waals surface area contributed by atoms with E-state index >= 15 is 0 Å². The van der Waals surface area contributed by atoms with Crippen LogP contribution in [0.15, 0.2) is 60.7 Å². The quantitative estimate of drug-likeness (QED) is 0.643. The molecule has 0 aliphatic carbocycles. The third-order valence-corrected chi connectivity index (χ3v) is 3.63. The minimum absolute atomic E-state index is 0.143. The number of carbonyl (C=O) groups is 2. The van der Waals surface area contributed by atoms with E-state index in [1.165, 1.54) is 6.92 Å². The second kappa shape index (κ2) is 8.09. The van der Waals surface area contributed by atoms with Gasteiger partial charge in [0.1, 0.15) is 0 Å². The van der Waals surface area contributed by atoms with Gasteiger partial charge in [0.05, 0.1) is 0 Å². The van der Waals surface area contributed by atoms with Crippen molar-refractivity contribution in [3.8, 4) is 0 Å². The Bertz CT molecular complexity index is 970. The Morgan fingerprint density at radius 2 is 1.52 bits per heavy atom. The molecule has 1 aromatic heterocycles. The first-order valence-electron chi connectivity index (χ1n) is 8.36. The molecule has 136 valence electrons. The van der Waals surface area contributed by atoms with Crippen LogP contribution >= 0.6 is 0 Å². The lowest BCUT2D eigenvalue weighted by atomic mass is 10.2. The maximum absolute atomic E-state index is 12.3. The zero-order chi connectivity index (χ0) is 19.2. The second-order valence-electron chi connectivity index (χ2n) is 6.01. The molecule has 0 spiro atoms. The van der Waals surface area contributed by atoms with Crippen LogP contribution in [-0.2, 0) is 4.79 Å². The van der Waals surface area contributed by atoms with Crippen LogP contribution in [0.1, 0.15) is 23.0 Å². The normalized spacial score (nSPS) is 10.1. The summed E-state index contributed by atoms with van der Waals surface area (Å²) in [7, 11) is 0. The van der Waals surface area contributed by atoms with E-state index in [9.17, 15) is 9.59 Å². The SMILES string of the molecule is CC(=O)Nc1cccc(Nc2ccc(C(=O)Nc3cccc(C)c3)nn2)c1. The molecule has 0 radical (unpaired) electrons. The highest BCUT2D eigenvalue weighted by atomic mass is 16.2. The van der Waals surface area contributed by atoms with E-state index in [1.54, 1.807) is 24.3 Å². The second-order valence-corrected chi connectivity index (χ2v) is 6.01. The summed E-state index contributed by atoms with van der Waals surface area (Å²) in [5, 5.41) is 16.6. The van der Waals surface area contributed by atoms with Gasteiger partial charge in [0, 0.05) is 24.0 Å². The number of carbonyl (C=O) groups excluding carboxylic acids is 2. The highest BCUT2D eigenvalue weighted by Gasteiger charge is 2.09. The highest BCUT2D eigenvalue weighted by Crippen LogP contribution is 2.19. The molecule has 7 heteroatoms. The summed E-state index contributed by atoms with van der Waals surface area (Å²) in [6.07, 6.45) is 0. The van der Waals surface area contributed by atoms with Gasteiger partial charge in [-0.1, -0.05) is 18.2 Å². The van der Waals surface area contributed by atoms with Crippen molar-refractivity contribution >= 4 is 34.7 Å². The highest BCUT2D eigenvalue weighted by molar-refractivity contribution is 6.02. The molecule has 0 saturated heterocycles. The first kappa shape index (κ1) is 18.1. The van der Waals surface area contributed by atoms with Crippen molar-refractivity contribution in [3.63, 3.8) is 0 Å². The predicted octanol–water partition coefficient (Wildman–Crippen LogP) is 3.74. The number of benzene rings is 2. The van der Waals surface area contributed by atoms with Crippen LogP contribution in [0.3, 0.4) is 0 Å². The summed E-state index contributed by atoms with van der Waals surface area (Å²) in [4.78, 5) is 23.4. The van der Waals surface area contributed by atoms with E-state index in [2.05, 4.69) is 26.1 Å². The van der Waals surface area contributed by atoms with Gasteiger partial charge < -0.3 is 16.0 Å². The fraction of sp³-hybridized carbons (Fsp3) is 0.100. The van der Waals surface area contributed by atoms with Crippen molar-refractivity contribution in [2.75, 3.05) is 16.0 Å². The third-order valence-electron chi connectivity index (χ3n) is 3.63. The fourth-order valence-electron chi connectivity index (χ4n) is 2.46. The van der Waals surface area contributed by atoms with Gasteiger partial charge in [-0.2, -0.15) is 0 Å². The van der Waals surface area contributed by atoms with Crippen LogP contribution in [-0.4, -0.2) is 22.0 Å². The van der Waals surface area contributed by atoms with Crippen molar-refractivity contribution in [3.05, 3.63) is 71.9 Å². The lowest BCUT2D eigenvalue weighted by Crippen LogP contribution is -2.14. The Balaban J connectivity index is 1.66. The van der Waals surface area contributed by atoms with Gasteiger partial charge in [-0.3, -0.25) is 9.59 Å². The number of nitrogens with zero attached hydrogens (tertiary/aromatic N) is 2. The van der Waals surface area contributed by atoms with E-state index in [-0.39, 0.29) is 17.5 Å². The zero-order valence-corrected chi connectivity index (χ0v) is 15.0. The van der Waals surface area contributed by atoms with Crippen molar-refractivity contribution in [1.82, 2.24) is 10.2 Å². The van der Waals surface area contributed by atoms with Gasteiger partial charge in [-0.05, 0) is 55.0 Å². The monoisotopic (exact) mass is 361 g/mol. The number of aryl methyl sites for hydroxylation is 1. The van der Waals surface area contributed by atoms with Crippen molar-refractivity contribution in [2.45, 2.75) is 13.8 Å². The third kappa shape index (κ3) is 5.12. The summed E-state index contributed by atoms with van der Waals surface area (Å²) in [5.74, 6) is 0.0188. The minimum atomic E-state index is -0.327. The van der Waals surface area contributed by atoms with E-state index < -0.39 is 0 Å². The Morgan fingerprint density at radius 3 is 2.19 bits per heavy atom. The molecule has 0 fully saturated rings. The molecule has 0 atom stereocenters. The molecule has 3 aromatic rings. The predicted molar refractivity (Wildman–Crippen MR) is 105 cm³/mol. The van der Waals surface area contributed by atoms with E-state index in [4.69, 9.17) is 0 Å². The molecule has 0 aliphatic rings. The van der Waals surface area contributed by atoms with E-state index in [1.807, 2.05) is 43.3 Å². The van der Waals surface area contributed by atoms with Gasteiger partial charge in [0.25, 0.3) is 5.91 Å². The maximum atomic E-state index is 12.3. The molecule has 7 nitrogen and oxygen atoms in total. The van der Waals surface area contributed by atoms with Gasteiger partial charge in [0.2, 0.25) is 5.91 Å². The van der Waals surface area contributed by atoms with E-state index in [0.717, 1.165) is 11.3 Å². The van der Waals surface area contributed by atoms with E-state index in [0.29, 0.717) is 17.2 Å². The Kier molecular flexibility index (Phi) is 5.41. The van der Waals surface area contributed by atoms with Crippen molar-refractivity contribution in [1.29, 1.82) is 0 Å². The molecular weight excluding hydrogens is 342 g/mol. The first-order valence-corrected chi connectivity index (χ1v) is 8.36. The molecule has 0 bridgehead atoms. The molecule has 0 unspecified atom stereocenters. The number of nitrogens with one attached hydrogen (secondary N) is 3. The fourth-order valence-corrected chi connectivity index (χ4v) is 2.46. The molecule has 2 aromatic carbocycles. The van der Waals surface area contributed by atoms with Crippen LogP contribution in [0, 0.1) is 6.92 Å². The average Bonchev–Trinajstić information content (AvgIpc) is 2.62. The Labute approximate surface area is 156 Å². The summed E-state index contributed by atoms with van der Waals surface area (Å²) >= 11 is 0.